The molecule has 3 heteroatoms. The lowest BCUT2D eigenvalue weighted by atomic mass is 10.1. The minimum Gasteiger partial charge on any atom is -0.346 e. The van der Waals surface area contributed by atoms with E-state index in [9.17, 15) is 4.79 Å². The quantitative estimate of drug-likeness (QED) is 0.598. The van der Waals surface area contributed by atoms with Crippen molar-refractivity contribution >= 4 is 5.91 Å². The van der Waals surface area contributed by atoms with Crippen LogP contribution in [0.5, 0.6) is 0 Å². The van der Waals surface area contributed by atoms with Crippen molar-refractivity contribution in [3.8, 4) is 0 Å². The van der Waals surface area contributed by atoms with Crippen LogP contribution in [0, 0.1) is 0 Å². The Morgan fingerprint density at radius 2 is 1.80 bits per heavy atom. The van der Waals surface area contributed by atoms with Crippen molar-refractivity contribution in [2.45, 2.75) is 51.9 Å². The predicted molar refractivity (Wildman–Crippen MR) is 64.7 cm³/mol. The van der Waals surface area contributed by atoms with Crippen LogP contribution < -0.4 is 5.73 Å². The summed E-state index contributed by atoms with van der Waals surface area (Å²) in [7, 11) is 1.87. The number of rotatable bonds is 9. The van der Waals surface area contributed by atoms with Gasteiger partial charge in [-0.3, -0.25) is 4.79 Å². The van der Waals surface area contributed by atoms with Crippen LogP contribution in [0.25, 0.3) is 0 Å². The molecule has 0 atom stereocenters. The molecule has 1 amide bonds. The van der Waals surface area contributed by atoms with Gasteiger partial charge in [0.2, 0.25) is 5.91 Å². The number of hydrogen-bond donors (Lipinski definition) is 1. The molecule has 0 heterocycles. The van der Waals surface area contributed by atoms with E-state index in [4.69, 9.17) is 5.73 Å². The van der Waals surface area contributed by atoms with E-state index in [1.54, 1.807) is 4.90 Å². The van der Waals surface area contributed by atoms with Crippen molar-refractivity contribution in [3.05, 3.63) is 0 Å². The lowest BCUT2D eigenvalue weighted by molar-refractivity contribution is -0.130. The van der Waals surface area contributed by atoms with Gasteiger partial charge < -0.3 is 10.6 Å². The lowest BCUT2D eigenvalue weighted by Gasteiger charge is -2.16. The molecule has 0 bridgehead atoms. The van der Waals surface area contributed by atoms with Crippen LogP contribution in [0.2, 0.25) is 0 Å². The van der Waals surface area contributed by atoms with E-state index in [1.807, 2.05) is 7.05 Å². The third-order valence-electron chi connectivity index (χ3n) is 2.62. The maximum absolute atomic E-state index is 11.6. The molecule has 0 aromatic rings. The standard InChI is InChI=1S/C12H26N2O/c1-3-4-5-6-7-9-12(15)14(2)11-8-10-13/h3-11,13H2,1-2H3. The van der Waals surface area contributed by atoms with Crippen molar-refractivity contribution in [2.24, 2.45) is 5.73 Å². The second-order valence-electron chi connectivity index (χ2n) is 4.12. The first kappa shape index (κ1) is 14.4. The highest BCUT2D eigenvalue weighted by molar-refractivity contribution is 5.75. The average Bonchev–Trinajstić information content (AvgIpc) is 2.25. The maximum atomic E-state index is 11.6. The largest absolute Gasteiger partial charge is 0.346 e. The zero-order valence-electron chi connectivity index (χ0n) is 10.3. The third-order valence-corrected chi connectivity index (χ3v) is 2.62. The van der Waals surface area contributed by atoms with Gasteiger partial charge in [0, 0.05) is 20.0 Å². The van der Waals surface area contributed by atoms with Crippen molar-refractivity contribution in [3.63, 3.8) is 0 Å². The van der Waals surface area contributed by atoms with E-state index < -0.39 is 0 Å². The summed E-state index contributed by atoms with van der Waals surface area (Å²) in [5.74, 6) is 0.264. The lowest BCUT2D eigenvalue weighted by Crippen LogP contribution is -2.28. The zero-order chi connectivity index (χ0) is 11.5. The van der Waals surface area contributed by atoms with E-state index in [2.05, 4.69) is 6.92 Å². The van der Waals surface area contributed by atoms with Gasteiger partial charge in [-0.25, -0.2) is 0 Å². The molecule has 0 saturated carbocycles. The highest BCUT2D eigenvalue weighted by Crippen LogP contribution is 2.06. The number of nitrogens with two attached hydrogens (primary N) is 1. The molecule has 2 N–H and O–H groups in total. The molecule has 0 fully saturated rings. The fraction of sp³-hybridized carbons (Fsp3) is 0.917. The highest BCUT2D eigenvalue weighted by Gasteiger charge is 2.06. The van der Waals surface area contributed by atoms with Crippen LogP contribution in [0.1, 0.15) is 51.9 Å². The molecule has 0 aliphatic carbocycles. The van der Waals surface area contributed by atoms with Crippen LogP contribution in [-0.4, -0.2) is 30.9 Å². The summed E-state index contributed by atoms with van der Waals surface area (Å²) in [5, 5.41) is 0. The Hall–Kier alpha value is -0.570. The molecule has 0 saturated heterocycles. The first-order valence-corrected chi connectivity index (χ1v) is 6.16. The molecule has 90 valence electrons. The Balaban J connectivity index is 3.38. The van der Waals surface area contributed by atoms with Crippen LogP contribution in [0.15, 0.2) is 0 Å². The first-order valence-electron chi connectivity index (χ1n) is 6.16. The van der Waals surface area contributed by atoms with Gasteiger partial charge in [-0.15, -0.1) is 0 Å². The molecule has 0 aliphatic rings. The maximum Gasteiger partial charge on any atom is 0.222 e. The summed E-state index contributed by atoms with van der Waals surface area (Å²) in [6.07, 6.45) is 7.62. The SMILES string of the molecule is CCCCCCCC(=O)N(C)CCCN. The summed E-state index contributed by atoms with van der Waals surface area (Å²) < 4.78 is 0. The van der Waals surface area contributed by atoms with Gasteiger partial charge in [-0.05, 0) is 19.4 Å². The number of carbonyl (C=O) groups excluding carboxylic acids is 1. The topological polar surface area (TPSA) is 46.3 Å². The van der Waals surface area contributed by atoms with Crippen molar-refractivity contribution in [1.29, 1.82) is 0 Å². The van der Waals surface area contributed by atoms with Crippen LogP contribution in [0.3, 0.4) is 0 Å². The fourth-order valence-electron chi connectivity index (χ4n) is 1.52. The van der Waals surface area contributed by atoms with Crippen LogP contribution in [-0.2, 0) is 4.79 Å². The second kappa shape index (κ2) is 9.97. The van der Waals surface area contributed by atoms with Gasteiger partial charge in [-0.2, -0.15) is 0 Å². The van der Waals surface area contributed by atoms with E-state index in [-0.39, 0.29) is 5.91 Å². The molecule has 0 spiro atoms. The Kier molecular flexibility index (Phi) is 9.59. The molecular weight excluding hydrogens is 188 g/mol. The minimum absolute atomic E-state index is 0.264. The Bertz CT molecular complexity index is 160. The average molecular weight is 214 g/mol. The molecule has 0 aromatic heterocycles. The molecule has 0 aromatic carbocycles. The molecule has 0 aliphatic heterocycles. The molecule has 0 rings (SSSR count). The van der Waals surface area contributed by atoms with Crippen LogP contribution >= 0.6 is 0 Å². The van der Waals surface area contributed by atoms with E-state index in [0.717, 1.165) is 19.4 Å². The fourth-order valence-corrected chi connectivity index (χ4v) is 1.52. The van der Waals surface area contributed by atoms with E-state index in [1.165, 1.54) is 25.7 Å². The molecule has 0 unspecified atom stereocenters. The smallest absolute Gasteiger partial charge is 0.222 e. The van der Waals surface area contributed by atoms with Gasteiger partial charge in [0.15, 0.2) is 0 Å². The Morgan fingerprint density at radius 1 is 1.13 bits per heavy atom. The molecule has 3 nitrogen and oxygen atoms in total. The van der Waals surface area contributed by atoms with Gasteiger partial charge >= 0.3 is 0 Å². The van der Waals surface area contributed by atoms with E-state index in [0.29, 0.717) is 13.0 Å². The number of carbonyl (C=O) groups is 1. The second-order valence-corrected chi connectivity index (χ2v) is 4.12. The number of amides is 1. The van der Waals surface area contributed by atoms with Gasteiger partial charge in [0.05, 0.1) is 0 Å². The summed E-state index contributed by atoms with van der Waals surface area (Å²) in [6, 6.07) is 0. The minimum atomic E-state index is 0.264. The zero-order valence-corrected chi connectivity index (χ0v) is 10.3. The number of nitrogens with zero attached hydrogens (tertiary/aromatic N) is 1. The molecular formula is C12H26N2O. The highest BCUT2D eigenvalue weighted by atomic mass is 16.2. The Labute approximate surface area is 94.0 Å². The third kappa shape index (κ3) is 8.43. The molecule has 15 heavy (non-hydrogen) atoms. The normalized spacial score (nSPS) is 10.3. The van der Waals surface area contributed by atoms with Crippen LogP contribution in [0.4, 0.5) is 0 Å². The van der Waals surface area contributed by atoms with Crippen molar-refractivity contribution < 1.29 is 4.79 Å². The van der Waals surface area contributed by atoms with Crippen molar-refractivity contribution in [1.82, 2.24) is 4.90 Å². The van der Waals surface area contributed by atoms with Gasteiger partial charge in [0.25, 0.3) is 0 Å². The monoisotopic (exact) mass is 214 g/mol. The van der Waals surface area contributed by atoms with Gasteiger partial charge in [-0.1, -0.05) is 32.6 Å². The van der Waals surface area contributed by atoms with E-state index >= 15 is 0 Å². The summed E-state index contributed by atoms with van der Waals surface area (Å²) in [6.45, 7) is 3.66. The van der Waals surface area contributed by atoms with Gasteiger partial charge in [0.1, 0.15) is 0 Å². The van der Waals surface area contributed by atoms with Crippen molar-refractivity contribution in [2.75, 3.05) is 20.1 Å². The summed E-state index contributed by atoms with van der Waals surface area (Å²) >= 11 is 0. The Morgan fingerprint density at radius 3 is 2.40 bits per heavy atom. The molecule has 0 radical (unpaired) electrons. The predicted octanol–water partition coefficient (Wildman–Crippen LogP) is 2.15. The summed E-state index contributed by atoms with van der Waals surface area (Å²) in [5.41, 5.74) is 5.39. The summed E-state index contributed by atoms with van der Waals surface area (Å²) in [4.78, 5) is 13.4. The first-order chi connectivity index (χ1) is 7.22. The number of unbranched alkanes of at least 4 members (excludes halogenated alkanes) is 4. The number of hydrogen-bond acceptors (Lipinski definition) is 2.